The van der Waals surface area contributed by atoms with Crippen molar-refractivity contribution in [3.05, 3.63) is 24.3 Å². The molecule has 3 atom stereocenters. The zero-order valence-electron chi connectivity index (χ0n) is 25.4. The Balaban J connectivity index is 2.17. The van der Waals surface area contributed by atoms with Crippen LogP contribution in [0.4, 0.5) is 16.2 Å². The zero-order chi connectivity index (χ0) is 30.3. The Bertz CT molecular complexity index is 1050. The van der Waals surface area contributed by atoms with E-state index in [0.29, 0.717) is 17.9 Å². The van der Waals surface area contributed by atoms with Gasteiger partial charge in [0.1, 0.15) is 12.3 Å². The summed E-state index contributed by atoms with van der Waals surface area (Å²) in [6.45, 7) is 15.0. The van der Waals surface area contributed by atoms with Crippen molar-refractivity contribution in [1.29, 1.82) is 0 Å². The molecule has 10 nitrogen and oxygen atoms in total. The number of fused-ring (bicyclic) bond motifs is 1. The summed E-state index contributed by atoms with van der Waals surface area (Å²) >= 11 is 0. The largest absolute Gasteiger partial charge is 0.444 e. The number of nitrogens with zero attached hydrogens (tertiary/aromatic N) is 2. The van der Waals surface area contributed by atoms with Gasteiger partial charge in [-0.2, -0.15) is 0 Å². The van der Waals surface area contributed by atoms with E-state index in [0.717, 1.165) is 12.8 Å². The van der Waals surface area contributed by atoms with E-state index in [1.54, 1.807) is 37.5 Å². The summed E-state index contributed by atoms with van der Waals surface area (Å²) in [5.74, 6) is -0.950. The van der Waals surface area contributed by atoms with E-state index >= 15 is 0 Å². The average molecular weight is 561 g/mol. The van der Waals surface area contributed by atoms with Crippen molar-refractivity contribution in [1.82, 2.24) is 10.6 Å². The van der Waals surface area contributed by atoms with E-state index in [1.807, 2.05) is 45.0 Å². The number of aliphatic hydroxyl groups is 1. The van der Waals surface area contributed by atoms with E-state index in [1.165, 1.54) is 6.92 Å². The van der Waals surface area contributed by atoms with Crippen LogP contribution in [0.1, 0.15) is 87.5 Å². The summed E-state index contributed by atoms with van der Waals surface area (Å²) in [6, 6.07) is 6.51. The summed E-state index contributed by atoms with van der Waals surface area (Å²) in [6.07, 6.45) is 0.615. The fraction of sp³-hybridized carbons (Fsp3) is 0.667. The first kappa shape index (κ1) is 33.1. The predicted octanol–water partition coefficient (Wildman–Crippen LogP) is 4.35. The van der Waals surface area contributed by atoms with Gasteiger partial charge in [0.05, 0.1) is 23.5 Å². The van der Waals surface area contributed by atoms with E-state index in [2.05, 4.69) is 10.6 Å². The molecule has 4 amide bonds. The molecular weight excluding hydrogens is 512 g/mol. The first-order valence-electron chi connectivity index (χ1n) is 14.2. The molecule has 0 spiro atoms. The quantitative estimate of drug-likeness (QED) is 0.326. The maximum atomic E-state index is 13.5. The minimum absolute atomic E-state index is 0.110. The van der Waals surface area contributed by atoms with Gasteiger partial charge in [0, 0.05) is 25.8 Å². The second-order valence-electron chi connectivity index (χ2n) is 12.5. The molecule has 0 saturated carbocycles. The van der Waals surface area contributed by atoms with Crippen LogP contribution in [-0.4, -0.2) is 59.9 Å². The summed E-state index contributed by atoms with van der Waals surface area (Å²) in [5, 5.41) is 16.9. The summed E-state index contributed by atoms with van der Waals surface area (Å²) < 4.78 is 5.43. The maximum absolute atomic E-state index is 13.5. The van der Waals surface area contributed by atoms with Gasteiger partial charge in [-0.1, -0.05) is 46.2 Å². The first-order chi connectivity index (χ1) is 18.5. The highest BCUT2D eigenvalue weighted by Gasteiger charge is 2.37. The lowest BCUT2D eigenvalue weighted by atomic mass is 9.79. The van der Waals surface area contributed by atoms with E-state index in [4.69, 9.17) is 4.74 Å². The number of benzene rings is 1. The molecule has 40 heavy (non-hydrogen) atoms. The van der Waals surface area contributed by atoms with Crippen LogP contribution in [0, 0.1) is 11.3 Å². The smallest absolute Gasteiger partial charge is 0.407 e. The van der Waals surface area contributed by atoms with E-state index in [-0.39, 0.29) is 43.7 Å². The van der Waals surface area contributed by atoms with Crippen molar-refractivity contribution in [2.45, 2.75) is 105 Å². The fourth-order valence-electron chi connectivity index (χ4n) is 4.81. The topological polar surface area (TPSA) is 128 Å². The van der Waals surface area contributed by atoms with Gasteiger partial charge >= 0.3 is 6.09 Å². The third kappa shape index (κ3) is 9.80. The number of amides is 4. The Morgan fingerprint density at radius 2 is 1.65 bits per heavy atom. The molecule has 0 unspecified atom stereocenters. The lowest BCUT2D eigenvalue weighted by Crippen LogP contribution is -2.49. The molecule has 1 heterocycles. The van der Waals surface area contributed by atoms with Crippen LogP contribution in [0.5, 0.6) is 0 Å². The number of ether oxygens (including phenoxy) is 1. The molecule has 1 aliphatic rings. The highest BCUT2D eigenvalue weighted by atomic mass is 16.6. The first-order valence-corrected chi connectivity index (χ1v) is 14.2. The summed E-state index contributed by atoms with van der Waals surface area (Å²) in [5.41, 5.74) is -0.0243. The molecular formula is C30H48N4O6. The molecule has 1 aliphatic heterocycles. The number of hydrogen-bond donors (Lipinski definition) is 3. The number of hydrogen-bond acceptors (Lipinski definition) is 6. The minimum Gasteiger partial charge on any atom is -0.444 e. The number of rotatable bonds is 12. The van der Waals surface area contributed by atoms with Gasteiger partial charge in [-0.25, -0.2) is 4.79 Å². The molecule has 224 valence electrons. The van der Waals surface area contributed by atoms with Gasteiger partial charge in [-0.15, -0.1) is 0 Å². The number of carbonyl (C=O) groups excluding carboxylic acids is 4. The van der Waals surface area contributed by atoms with Gasteiger partial charge in [0.2, 0.25) is 17.7 Å². The van der Waals surface area contributed by atoms with Crippen molar-refractivity contribution >= 4 is 35.2 Å². The second-order valence-corrected chi connectivity index (χ2v) is 12.5. The van der Waals surface area contributed by atoms with Crippen LogP contribution in [0.3, 0.4) is 0 Å². The van der Waals surface area contributed by atoms with Crippen molar-refractivity contribution in [2.75, 3.05) is 23.0 Å². The number of alkyl carbamates (subject to hydrolysis) is 1. The van der Waals surface area contributed by atoms with Crippen molar-refractivity contribution < 1.29 is 29.0 Å². The number of para-hydroxylation sites is 2. The molecule has 0 bridgehead atoms. The predicted molar refractivity (Wildman–Crippen MR) is 156 cm³/mol. The highest BCUT2D eigenvalue weighted by molar-refractivity contribution is 6.06. The normalized spacial score (nSPS) is 15.6. The van der Waals surface area contributed by atoms with Gasteiger partial charge < -0.3 is 20.5 Å². The maximum Gasteiger partial charge on any atom is 0.407 e. The van der Waals surface area contributed by atoms with E-state index in [9.17, 15) is 24.3 Å². The third-order valence-corrected chi connectivity index (χ3v) is 6.87. The van der Waals surface area contributed by atoms with Gasteiger partial charge in [-0.05, 0) is 57.6 Å². The standard InChI is InChI=1S/C30H48N4O6/c1-9-10-15-31-27(38)20(2)16-25(36)22(32-28(39)40-29(4,5)6)17-30(7,8)18-26(37)34-19-33(21(3)35)23-13-11-12-14-24(23)34/h11-14,20,22,25,36H,9-10,15-19H2,1-8H3,(H,31,38)(H,32,39)/t20-,22+,25+/m1/s1. The van der Waals surface area contributed by atoms with Crippen LogP contribution in [0.15, 0.2) is 24.3 Å². The number of carbonyl (C=O) groups is 4. The Morgan fingerprint density at radius 3 is 2.20 bits per heavy atom. The molecule has 1 aromatic rings. The van der Waals surface area contributed by atoms with Crippen LogP contribution < -0.4 is 20.4 Å². The Labute approximate surface area is 238 Å². The molecule has 3 N–H and O–H groups in total. The number of anilines is 2. The summed E-state index contributed by atoms with van der Waals surface area (Å²) in [7, 11) is 0. The van der Waals surface area contributed by atoms with Gasteiger partial charge in [0.15, 0.2) is 0 Å². The lowest BCUT2D eigenvalue weighted by molar-refractivity contribution is -0.125. The van der Waals surface area contributed by atoms with Crippen LogP contribution in [0.2, 0.25) is 0 Å². The van der Waals surface area contributed by atoms with Crippen molar-refractivity contribution in [2.24, 2.45) is 11.3 Å². The molecule has 10 heteroatoms. The molecule has 0 fully saturated rings. The van der Waals surface area contributed by atoms with E-state index < -0.39 is 35.2 Å². The Hall–Kier alpha value is -3.14. The molecule has 1 aromatic carbocycles. The minimum atomic E-state index is -1.05. The Morgan fingerprint density at radius 1 is 1.05 bits per heavy atom. The van der Waals surface area contributed by atoms with Crippen LogP contribution in [0.25, 0.3) is 0 Å². The summed E-state index contributed by atoms with van der Waals surface area (Å²) in [4.78, 5) is 54.0. The fourth-order valence-corrected chi connectivity index (χ4v) is 4.81. The molecule has 2 rings (SSSR count). The molecule has 0 aromatic heterocycles. The molecule has 0 saturated heterocycles. The van der Waals surface area contributed by atoms with Crippen molar-refractivity contribution in [3.8, 4) is 0 Å². The number of nitrogens with one attached hydrogen (secondary N) is 2. The SMILES string of the molecule is CCCCNC(=O)[C@H](C)C[C@H](O)[C@H](CC(C)(C)CC(=O)N1CN(C(C)=O)c2ccccc21)NC(=O)OC(C)(C)C. The third-order valence-electron chi connectivity index (χ3n) is 6.87. The molecule has 0 radical (unpaired) electrons. The van der Waals surface area contributed by atoms with Crippen LogP contribution in [-0.2, 0) is 19.1 Å². The van der Waals surface area contributed by atoms with Gasteiger partial charge in [-0.3, -0.25) is 24.2 Å². The number of unbranched alkanes of at least 4 members (excludes halogenated alkanes) is 1. The average Bonchev–Trinajstić information content (AvgIpc) is 3.22. The highest BCUT2D eigenvalue weighted by Crippen LogP contribution is 2.38. The zero-order valence-corrected chi connectivity index (χ0v) is 25.4. The second kappa shape index (κ2) is 14.0. The number of aliphatic hydroxyl groups excluding tert-OH is 1. The Kier molecular flexibility index (Phi) is 11.5. The van der Waals surface area contributed by atoms with Crippen molar-refractivity contribution in [3.63, 3.8) is 0 Å². The van der Waals surface area contributed by atoms with Crippen LogP contribution >= 0.6 is 0 Å². The lowest BCUT2D eigenvalue weighted by Gasteiger charge is -2.34. The van der Waals surface area contributed by atoms with Gasteiger partial charge in [0.25, 0.3) is 0 Å². The molecule has 0 aliphatic carbocycles. The monoisotopic (exact) mass is 560 g/mol.